The third-order valence-electron chi connectivity index (χ3n) is 4.11. The highest BCUT2D eigenvalue weighted by Gasteiger charge is 2.16. The van der Waals surface area contributed by atoms with Crippen molar-refractivity contribution in [3.05, 3.63) is 64.4 Å². The Balaban J connectivity index is 1.95. The van der Waals surface area contributed by atoms with Crippen molar-refractivity contribution in [3.8, 4) is 5.69 Å². The minimum Gasteiger partial charge on any atom is -0.336 e. The standard InChI is InChI=1S/C21H22N4O3S/c1-13(2)22-20(28)24-18(26)12-29-21-23-16-10-6-5-9-15(16)19(27)25(21)17-11-7-4-8-14(17)3/h4-11,13H,12H2,1-3H3,(H2,22,24,26,28). The summed E-state index contributed by atoms with van der Waals surface area (Å²) in [4.78, 5) is 41.7. The number of aryl methyl sites for hydroxylation is 1. The first-order valence-electron chi connectivity index (χ1n) is 9.17. The topological polar surface area (TPSA) is 93.1 Å². The molecule has 150 valence electrons. The smallest absolute Gasteiger partial charge is 0.321 e. The fourth-order valence-electron chi connectivity index (χ4n) is 2.83. The summed E-state index contributed by atoms with van der Waals surface area (Å²) in [5.74, 6) is -0.519. The molecule has 3 amide bonds. The lowest BCUT2D eigenvalue weighted by Gasteiger charge is -2.15. The van der Waals surface area contributed by atoms with Crippen LogP contribution in [0.15, 0.2) is 58.5 Å². The van der Waals surface area contributed by atoms with Gasteiger partial charge in [-0.1, -0.05) is 42.1 Å². The highest BCUT2D eigenvalue weighted by Crippen LogP contribution is 2.22. The lowest BCUT2D eigenvalue weighted by atomic mass is 10.2. The van der Waals surface area contributed by atoms with Gasteiger partial charge >= 0.3 is 6.03 Å². The molecule has 3 rings (SSSR count). The van der Waals surface area contributed by atoms with Crippen LogP contribution in [0.25, 0.3) is 16.6 Å². The molecule has 8 heteroatoms. The van der Waals surface area contributed by atoms with E-state index in [1.54, 1.807) is 32.0 Å². The summed E-state index contributed by atoms with van der Waals surface area (Å²) in [6.45, 7) is 5.52. The number of rotatable bonds is 5. The molecule has 0 spiro atoms. The number of hydrogen-bond donors (Lipinski definition) is 2. The van der Waals surface area contributed by atoms with Crippen LogP contribution in [0.2, 0.25) is 0 Å². The summed E-state index contributed by atoms with van der Waals surface area (Å²) in [6, 6.07) is 14.0. The third-order valence-corrected chi connectivity index (χ3v) is 5.04. The van der Waals surface area contributed by atoms with Crippen molar-refractivity contribution in [2.75, 3.05) is 5.75 Å². The van der Waals surface area contributed by atoms with Gasteiger partial charge in [-0.25, -0.2) is 9.78 Å². The zero-order valence-electron chi connectivity index (χ0n) is 16.4. The number of amides is 3. The van der Waals surface area contributed by atoms with Crippen molar-refractivity contribution in [3.63, 3.8) is 0 Å². The Kier molecular flexibility index (Phi) is 6.33. The number of carbonyl (C=O) groups is 2. The van der Waals surface area contributed by atoms with Gasteiger partial charge in [-0.15, -0.1) is 0 Å². The lowest BCUT2D eigenvalue weighted by molar-refractivity contribution is -0.117. The molecule has 7 nitrogen and oxygen atoms in total. The summed E-state index contributed by atoms with van der Waals surface area (Å²) in [5, 5.41) is 5.77. The summed E-state index contributed by atoms with van der Waals surface area (Å²) >= 11 is 1.11. The van der Waals surface area contributed by atoms with Crippen LogP contribution >= 0.6 is 11.8 Å². The number of urea groups is 1. The van der Waals surface area contributed by atoms with Gasteiger partial charge in [0.2, 0.25) is 5.91 Å². The highest BCUT2D eigenvalue weighted by atomic mass is 32.2. The summed E-state index contributed by atoms with van der Waals surface area (Å²) in [7, 11) is 0. The Morgan fingerprint density at radius 3 is 2.52 bits per heavy atom. The Morgan fingerprint density at radius 1 is 1.10 bits per heavy atom. The van der Waals surface area contributed by atoms with Gasteiger partial charge in [-0.05, 0) is 44.5 Å². The molecule has 0 atom stereocenters. The van der Waals surface area contributed by atoms with E-state index in [1.807, 2.05) is 37.3 Å². The minimum absolute atomic E-state index is 0.0534. The van der Waals surface area contributed by atoms with Crippen molar-refractivity contribution in [1.29, 1.82) is 0 Å². The van der Waals surface area contributed by atoms with Crippen molar-refractivity contribution < 1.29 is 9.59 Å². The van der Waals surface area contributed by atoms with Crippen molar-refractivity contribution in [1.82, 2.24) is 20.2 Å². The monoisotopic (exact) mass is 410 g/mol. The van der Waals surface area contributed by atoms with Gasteiger partial charge in [0.05, 0.1) is 22.3 Å². The first-order chi connectivity index (χ1) is 13.9. The molecule has 2 N–H and O–H groups in total. The van der Waals surface area contributed by atoms with Crippen LogP contribution in [0, 0.1) is 6.92 Å². The van der Waals surface area contributed by atoms with Gasteiger partial charge in [-0.2, -0.15) is 0 Å². The van der Waals surface area contributed by atoms with Crippen molar-refractivity contribution >= 4 is 34.6 Å². The molecule has 0 aliphatic rings. The predicted octanol–water partition coefficient (Wildman–Crippen LogP) is 3.02. The van der Waals surface area contributed by atoms with E-state index in [9.17, 15) is 14.4 Å². The molecule has 1 heterocycles. The van der Waals surface area contributed by atoms with E-state index >= 15 is 0 Å². The molecule has 0 radical (unpaired) electrons. The largest absolute Gasteiger partial charge is 0.336 e. The van der Waals surface area contributed by atoms with E-state index in [2.05, 4.69) is 15.6 Å². The molecule has 1 aromatic heterocycles. The number of fused-ring (bicyclic) bond motifs is 1. The Hall–Kier alpha value is -3.13. The van der Waals surface area contributed by atoms with Crippen LogP contribution in [0.4, 0.5) is 4.79 Å². The summed E-state index contributed by atoms with van der Waals surface area (Å²) < 4.78 is 1.52. The number of thioether (sulfide) groups is 1. The van der Waals surface area contributed by atoms with E-state index in [4.69, 9.17) is 0 Å². The van der Waals surface area contributed by atoms with Crippen LogP contribution in [0.3, 0.4) is 0 Å². The first-order valence-corrected chi connectivity index (χ1v) is 10.2. The number of aromatic nitrogens is 2. The van der Waals surface area contributed by atoms with E-state index in [0.717, 1.165) is 17.3 Å². The molecule has 2 aromatic carbocycles. The maximum Gasteiger partial charge on any atom is 0.321 e. The number of hydrogen-bond acceptors (Lipinski definition) is 5. The van der Waals surface area contributed by atoms with Crippen LogP contribution in [-0.2, 0) is 4.79 Å². The molecular weight excluding hydrogens is 388 g/mol. The van der Waals surface area contributed by atoms with Gasteiger partial charge in [-0.3, -0.25) is 19.5 Å². The normalized spacial score (nSPS) is 10.9. The molecule has 0 bridgehead atoms. The quantitative estimate of drug-likeness (QED) is 0.498. The SMILES string of the molecule is Cc1ccccc1-n1c(SCC(=O)NC(=O)NC(C)C)nc2ccccc2c1=O. The third kappa shape index (κ3) is 4.83. The second-order valence-electron chi connectivity index (χ2n) is 6.80. The maximum absolute atomic E-state index is 13.2. The highest BCUT2D eigenvalue weighted by molar-refractivity contribution is 7.99. The summed E-state index contributed by atoms with van der Waals surface area (Å²) in [5.41, 5.74) is 1.97. The van der Waals surface area contributed by atoms with Gasteiger partial charge in [0.1, 0.15) is 0 Å². The molecule has 0 aliphatic carbocycles. The van der Waals surface area contributed by atoms with Crippen LogP contribution in [-0.4, -0.2) is 33.3 Å². The van der Waals surface area contributed by atoms with Crippen molar-refractivity contribution in [2.45, 2.75) is 32.0 Å². The fourth-order valence-corrected chi connectivity index (χ4v) is 3.63. The zero-order chi connectivity index (χ0) is 21.0. The van der Waals surface area contributed by atoms with Crippen LogP contribution in [0.1, 0.15) is 19.4 Å². The van der Waals surface area contributed by atoms with E-state index in [-0.39, 0.29) is 17.4 Å². The molecule has 0 aliphatic heterocycles. The molecule has 0 saturated heterocycles. The molecule has 29 heavy (non-hydrogen) atoms. The van der Waals surface area contributed by atoms with Crippen LogP contribution in [0.5, 0.6) is 0 Å². The molecule has 0 saturated carbocycles. The van der Waals surface area contributed by atoms with E-state index in [0.29, 0.717) is 21.7 Å². The predicted molar refractivity (Wildman–Crippen MR) is 115 cm³/mol. The molecule has 3 aromatic rings. The fraction of sp³-hybridized carbons (Fsp3) is 0.238. The number of imide groups is 1. The number of nitrogens with one attached hydrogen (secondary N) is 2. The number of para-hydroxylation sites is 2. The molecule has 0 unspecified atom stereocenters. The van der Waals surface area contributed by atoms with Crippen molar-refractivity contribution in [2.24, 2.45) is 0 Å². The summed E-state index contributed by atoms with van der Waals surface area (Å²) in [6.07, 6.45) is 0. The zero-order valence-corrected chi connectivity index (χ0v) is 17.2. The molecular formula is C21H22N4O3S. The average molecular weight is 410 g/mol. The Bertz CT molecular complexity index is 1120. The van der Waals surface area contributed by atoms with E-state index in [1.165, 1.54) is 4.57 Å². The number of nitrogens with zero attached hydrogens (tertiary/aromatic N) is 2. The maximum atomic E-state index is 13.2. The second-order valence-corrected chi connectivity index (χ2v) is 7.75. The van der Waals surface area contributed by atoms with Gasteiger partial charge in [0.25, 0.3) is 5.56 Å². The number of carbonyl (C=O) groups excluding carboxylic acids is 2. The van der Waals surface area contributed by atoms with Gasteiger partial charge < -0.3 is 5.32 Å². The lowest BCUT2D eigenvalue weighted by Crippen LogP contribution is -2.43. The second kappa shape index (κ2) is 8.91. The molecule has 0 fully saturated rings. The first kappa shape index (κ1) is 20.6. The van der Waals surface area contributed by atoms with E-state index < -0.39 is 11.9 Å². The van der Waals surface area contributed by atoms with Crippen LogP contribution < -0.4 is 16.2 Å². The van der Waals surface area contributed by atoms with Gasteiger partial charge in [0, 0.05) is 6.04 Å². The average Bonchev–Trinajstić information content (AvgIpc) is 2.67. The number of benzene rings is 2. The van der Waals surface area contributed by atoms with Gasteiger partial charge in [0.15, 0.2) is 5.16 Å². The Labute approximate surface area is 172 Å². The minimum atomic E-state index is -0.548. The Morgan fingerprint density at radius 2 is 1.79 bits per heavy atom.